The van der Waals surface area contributed by atoms with E-state index >= 15 is 0 Å². The number of allylic oxidation sites excluding steroid dienone is 1. The summed E-state index contributed by atoms with van der Waals surface area (Å²) in [4.78, 5) is 10.6. The van der Waals surface area contributed by atoms with Crippen molar-refractivity contribution in [1.29, 1.82) is 0 Å². The molecule has 0 aromatic heterocycles. The predicted octanol–water partition coefficient (Wildman–Crippen LogP) is 2.05. The van der Waals surface area contributed by atoms with Crippen LogP contribution in [-0.4, -0.2) is 18.4 Å². The minimum absolute atomic E-state index is 0.179. The minimum atomic E-state index is -0.179. The number of carbonyl (C=O) groups is 1. The molecule has 0 unspecified atom stereocenters. The molecule has 3 heteroatoms. The van der Waals surface area contributed by atoms with E-state index in [4.69, 9.17) is 0 Å². The number of ether oxygens (including phenoxy) is 1. The highest BCUT2D eigenvalue weighted by molar-refractivity contribution is 9.09. The zero-order chi connectivity index (χ0) is 8.53. The van der Waals surface area contributed by atoms with E-state index in [2.05, 4.69) is 26.4 Å². The van der Waals surface area contributed by atoms with Crippen LogP contribution in [0.5, 0.6) is 0 Å². The Morgan fingerprint density at radius 1 is 1.64 bits per heavy atom. The van der Waals surface area contributed by atoms with Gasteiger partial charge >= 0.3 is 5.97 Å². The van der Waals surface area contributed by atoms with Gasteiger partial charge in [0.05, 0.1) is 7.11 Å². The molecule has 11 heavy (non-hydrogen) atoms. The fourth-order valence-corrected chi connectivity index (χ4v) is 0.690. The summed E-state index contributed by atoms with van der Waals surface area (Å²) in [5.74, 6) is -0.179. The van der Waals surface area contributed by atoms with Crippen LogP contribution in [0.4, 0.5) is 0 Å². The minimum Gasteiger partial charge on any atom is -0.469 e. The van der Waals surface area contributed by atoms with Crippen LogP contribution in [0.3, 0.4) is 0 Å². The van der Waals surface area contributed by atoms with Crippen molar-refractivity contribution in [2.75, 3.05) is 12.4 Å². The predicted molar refractivity (Wildman–Crippen MR) is 47.7 cm³/mol. The third-order valence-corrected chi connectivity index (χ3v) is 1.36. The second-order valence-corrected chi connectivity index (χ2v) is 2.49. The highest BCUT2D eigenvalue weighted by Gasteiger charge is 1.94. The molecule has 2 nitrogen and oxygen atoms in total. The van der Waals surface area contributed by atoms with Crippen LogP contribution in [0.1, 0.15) is 12.8 Å². The summed E-state index contributed by atoms with van der Waals surface area (Å²) in [5.41, 5.74) is 2.91. The summed E-state index contributed by atoms with van der Waals surface area (Å²) in [5, 5.41) is 0.793. The number of halogens is 1. The number of hydrogen-bond acceptors (Lipinski definition) is 2. The topological polar surface area (TPSA) is 26.3 Å². The van der Waals surface area contributed by atoms with Gasteiger partial charge in [0.1, 0.15) is 0 Å². The molecular weight excluding hydrogens is 208 g/mol. The van der Waals surface area contributed by atoms with Crippen molar-refractivity contribution >= 4 is 21.9 Å². The fourth-order valence-electron chi connectivity index (χ4n) is 0.503. The molecule has 0 radical (unpaired) electrons. The van der Waals surface area contributed by atoms with Crippen molar-refractivity contribution in [3.05, 3.63) is 17.9 Å². The van der Waals surface area contributed by atoms with E-state index in [-0.39, 0.29) is 5.97 Å². The van der Waals surface area contributed by atoms with Gasteiger partial charge in [-0.25, -0.2) is 0 Å². The van der Waals surface area contributed by atoms with Gasteiger partial charge in [-0.3, -0.25) is 4.79 Å². The van der Waals surface area contributed by atoms with Crippen molar-refractivity contribution in [2.45, 2.75) is 12.8 Å². The Bertz CT molecular complexity index is 169. The van der Waals surface area contributed by atoms with E-state index in [0.717, 1.165) is 5.33 Å². The standard InChI is InChI=1S/C8H11BrO2/c1-11-8(10)6-4-2-3-5-7-9/h2,5H,4,6-7H2,1H3. The number of hydrogen-bond donors (Lipinski definition) is 0. The third kappa shape index (κ3) is 7.37. The SMILES string of the molecule is COC(=O)CCC=C=CCBr. The molecule has 0 aromatic carbocycles. The number of carbonyl (C=O) groups excluding carboxylic acids is 1. The molecule has 0 heterocycles. The van der Waals surface area contributed by atoms with Crippen molar-refractivity contribution in [2.24, 2.45) is 0 Å². The molecule has 0 bridgehead atoms. The molecule has 0 aliphatic rings. The maximum atomic E-state index is 10.6. The molecule has 0 N–H and O–H groups in total. The first-order valence-electron chi connectivity index (χ1n) is 3.33. The Balaban J connectivity index is 3.41. The molecule has 0 aromatic rings. The van der Waals surface area contributed by atoms with Crippen molar-refractivity contribution in [3.8, 4) is 0 Å². The number of esters is 1. The highest BCUT2D eigenvalue weighted by Crippen LogP contribution is 1.91. The maximum absolute atomic E-state index is 10.6. The Labute approximate surface area is 75.1 Å². The molecule has 0 atom stereocenters. The van der Waals surface area contributed by atoms with Crippen LogP contribution in [-0.2, 0) is 9.53 Å². The Kier molecular flexibility index (Phi) is 7.21. The van der Waals surface area contributed by atoms with Gasteiger partial charge in [-0.1, -0.05) is 15.9 Å². The van der Waals surface area contributed by atoms with Crippen LogP contribution < -0.4 is 0 Å². The second-order valence-electron chi connectivity index (χ2n) is 1.84. The van der Waals surface area contributed by atoms with Gasteiger partial charge in [-0.2, -0.15) is 0 Å². The summed E-state index contributed by atoms with van der Waals surface area (Å²) < 4.78 is 4.45. The molecule has 0 saturated heterocycles. The first-order valence-corrected chi connectivity index (χ1v) is 4.45. The summed E-state index contributed by atoms with van der Waals surface area (Å²) in [6, 6.07) is 0. The van der Waals surface area contributed by atoms with Crippen molar-refractivity contribution < 1.29 is 9.53 Å². The van der Waals surface area contributed by atoms with E-state index in [0.29, 0.717) is 12.8 Å². The lowest BCUT2D eigenvalue weighted by atomic mass is 10.3. The van der Waals surface area contributed by atoms with Gasteiger partial charge in [0, 0.05) is 11.8 Å². The summed E-state index contributed by atoms with van der Waals surface area (Å²) >= 11 is 3.21. The Hall–Kier alpha value is -0.530. The fraction of sp³-hybridized carbons (Fsp3) is 0.500. The van der Waals surface area contributed by atoms with Gasteiger partial charge in [-0.05, 0) is 18.6 Å². The Morgan fingerprint density at radius 2 is 2.36 bits per heavy atom. The summed E-state index contributed by atoms with van der Waals surface area (Å²) in [6.07, 6.45) is 4.78. The molecular formula is C8H11BrO2. The third-order valence-electron chi connectivity index (χ3n) is 1.03. The van der Waals surface area contributed by atoms with E-state index in [1.807, 2.05) is 12.2 Å². The van der Waals surface area contributed by atoms with E-state index < -0.39 is 0 Å². The highest BCUT2D eigenvalue weighted by atomic mass is 79.9. The first-order chi connectivity index (χ1) is 5.31. The first kappa shape index (κ1) is 10.5. The number of alkyl halides is 1. The molecule has 0 amide bonds. The van der Waals surface area contributed by atoms with Gasteiger partial charge in [0.2, 0.25) is 0 Å². The van der Waals surface area contributed by atoms with Crippen LogP contribution >= 0.6 is 15.9 Å². The molecule has 0 aliphatic heterocycles. The van der Waals surface area contributed by atoms with Crippen LogP contribution in [0.2, 0.25) is 0 Å². The molecule has 0 aliphatic carbocycles. The average Bonchev–Trinajstić information content (AvgIpc) is 2.04. The van der Waals surface area contributed by atoms with Crippen LogP contribution in [0.15, 0.2) is 17.9 Å². The molecule has 0 rings (SSSR count). The zero-order valence-electron chi connectivity index (χ0n) is 6.47. The lowest BCUT2D eigenvalue weighted by Crippen LogP contribution is -1.97. The van der Waals surface area contributed by atoms with E-state index in [1.165, 1.54) is 7.11 Å². The average molecular weight is 219 g/mol. The van der Waals surface area contributed by atoms with E-state index in [9.17, 15) is 4.79 Å². The van der Waals surface area contributed by atoms with Crippen LogP contribution in [0, 0.1) is 0 Å². The van der Waals surface area contributed by atoms with Crippen molar-refractivity contribution in [1.82, 2.24) is 0 Å². The lowest BCUT2D eigenvalue weighted by molar-refractivity contribution is -0.140. The molecule has 62 valence electrons. The summed E-state index contributed by atoms with van der Waals surface area (Å²) in [6.45, 7) is 0. The Morgan fingerprint density at radius 3 is 2.91 bits per heavy atom. The maximum Gasteiger partial charge on any atom is 0.305 e. The largest absolute Gasteiger partial charge is 0.469 e. The van der Waals surface area contributed by atoms with Gasteiger partial charge in [0.25, 0.3) is 0 Å². The molecule has 0 saturated carbocycles. The van der Waals surface area contributed by atoms with Gasteiger partial charge in [0.15, 0.2) is 0 Å². The lowest BCUT2D eigenvalue weighted by Gasteiger charge is -1.92. The van der Waals surface area contributed by atoms with E-state index in [1.54, 1.807) is 0 Å². The quantitative estimate of drug-likeness (QED) is 0.411. The monoisotopic (exact) mass is 218 g/mol. The van der Waals surface area contributed by atoms with Crippen LogP contribution in [0.25, 0.3) is 0 Å². The smallest absolute Gasteiger partial charge is 0.305 e. The molecule has 0 fully saturated rings. The normalized spacial score (nSPS) is 8.18. The van der Waals surface area contributed by atoms with Gasteiger partial charge in [-0.15, -0.1) is 5.73 Å². The summed E-state index contributed by atoms with van der Waals surface area (Å²) in [7, 11) is 1.39. The van der Waals surface area contributed by atoms with Crippen molar-refractivity contribution in [3.63, 3.8) is 0 Å². The zero-order valence-corrected chi connectivity index (χ0v) is 8.06. The second kappa shape index (κ2) is 7.58. The van der Waals surface area contributed by atoms with Gasteiger partial charge < -0.3 is 4.74 Å². The number of methoxy groups -OCH3 is 1. The molecule has 0 spiro atoms. The number of rotatable bonds is 4.